The summed E-state index contributed by atoms with van der Waals surface area (Å²) in [7, 11) is 0. The minimum atomic E-state index is -0.351. The summed E-state index contributed by atoms with van der Waals surface area (Å²) in [5.74, 6) is 0.801. The molecule has 0 amide bonds. The zero-order valence-electron chi connectivity index (χ0n) is 12.2. The van der Waals surface area contributed by atoms with Gasteiger partial charge in [-0.1, -0.05) is 39.5 Å². The van der Waals surface area contributed by atoms with Crippen LogP contribution in [-0.4, -0.2) is 37.0 Å². The normalized spacial score (nSPS) is 18.7. The van der Waals surface area contributed by atoms with Crippen LogP contribution in [-0.2, 0) is 4.74 Å². The molecule has 1 fully saturated rings. The zero-order chi connectivity index (χ0) is 13.2. The van der Waals surface area contributed by atoms with Crippen molar-refractivity contribution in [3.05, 3.63) is 0 Å². The summed E-state index contributed by atoms with van der Waals surface area (Å²) in [6, 6.07) is 0. The van der Waals surface area contributed by atoms with E-state index in [1.807, 2.05) is 0 Å². The molecule has 0 heterocycles. The quantitative estimate of drug-likeness (QED) is 0.591. The lowest BCUT2D eigenvalue weighted by Gasteiger charge is -2.16. The molecule has 0 aromatic heterocycles. The Kier molecular flexibility index (Phi) is 8.64. The van der Waals surface area contributed by atoms with Gasteiger partial charge in [-0.25, -0.2) is 0 Å². The molecule has 0 aliphatic heterocycles. The molecule has 0 saturated heterocycles. The van der Waals surface area contributed by atoms with Crippen molar-refractivity contribution in [1.29, 1.82) is 0 Å². The van der Waals surface area contributed by atoms with E-state index in [1.165, 1.54) is 44.9 Å². The predicted octanol–water partition coefficient (Wildman–Crippen LogP) is 2.72. The van der Waals surface area contributed by atoms with Gasteiger partial charge in [0.1, 0.15) is 0 Å². The van der Waals surface area contributed by atoms with E-state index >= 15 is 0 Å². The highest BCUT2D eigenvalue weighted by Gasteiger charge is 2.16. The molecule has 0 radical (unpaired) electrons. The van der Waals surface area contributed by atoms with Crippen molar-refractivity contribution in [2.45, 2.75) is 71.0 Å². The van der Waals surface area contributed by atoms with Crippen molar-refractivity contribution >= 4 is 0 Å². The molecule has 0 aromatic carbocycles. The minimum Gasteiger partial charge on any atom is -0.389 e. The molecular weight excluding hydrogens is 226 g/mol. The highest BCUT2D eigenvalue weighted by molar-refractivity contribution is 4.68. The van der Waals surface area contributed by atoms with Gasteiger partial charge in [0.15, 0.2) is 0 Å². The lowest BCUT2D eigenvalue weighted by molar-refractivity contribution is -0.00536. The van der Waals surface area contributed by atoms with Crippen LogP contribution in [0.4, 0.5) is 0 Å². The third-order valence-electron chi connectivity index (χ3n) is 3.59. The molecule has 1 aliphatic rings. The van der Waals surface area contributed by atoms with Gasteiger partial charge in [-0.3, -0.25) is 0 Å². The maximum absolute atomic E-state index is 9.77. The van der Waals surface area contributed by atoms with E-state index in [0.29, 0.717) is 19.3 Å². The first-order valence-electron chi connectivity index (χ1n) is 7.69. The van der Waals surface area contributed by atoms with E-state index in [2.05, 4.69) is 19.2 Å². The van der Waals surface area contributed by atoms with E-state index in [9.17, 15) is 5.11 Å². The van der Waals surface area contributed by atoms with Gasteiger partial charge in [0, 0.05) is 6.54 Å². The fraction of sp³-hybridized carbons (Fsp3) is 1.00. The lowest BCUT2D eigenvalue weighted by atomic mass is 10.1. The second-order valence-electron chi connectivity index (χ2n) is 5.99. The summed E-state index contributed by atoms with van der Waals surface area (Å²) in [6.07, 6.45) is 8.76. The first kappa shape index (κ1) is 15.9. The van der Waals surface area contributed by atoms with Gasteiger partial charge in [0.05, 0.1) is 18.8 Å². The molecule has 1 unspecified atom stereocenters. The number of aliphatic hydroxyl groups excluding tert-OH is 1. The van der Waals surface area contributed by atoms with Crippen molar-refractivity contribution in [3.63, 3.8) is 0 Å². The van der Waals surface area contributed by atoms with Crippen LogP contribution in [0.25, 0.3) is 0 Å². The standard InChI is InChI=1S/C15H31NO2/c1-13(2)7-5-6-10-16-11-14(17)12-18-15-8-3-4-9-15/h13-17H,3-12H2,1-2H3. The SMILES string of the molecule is CC(C)CCCCNCC(O)COC1CCCC1. The second-order valence-corrected chi connectivity index (χ2v) is 5.99. The Balaban J connectivity index is 1.85. The van der Waals surface area contributed by atoms with E-state index in [4.69, 9.17) is 4.74 Å². The molecule has 18 heavy (non-hydrogen) atoms. The topological polar surface area (TPSA) is 41.5 Å². The highest BCUT2D eigenvalue weighted by Crippen LogP contribution is 2.20. The second kappa shape index (κ2) is 9.76. The van der Waals surface area contributed by atoms with Crippen LogP contribution in [0.2, 0.25) is 0 Å². The maximum atomic E-state index is 9.77. The van der Waals surface area contributed by atoms with Gasteiger partial charge >= 0.3 is 0 Å². The van der Waals surface area contributed by atoms with Crippen LogP contribution < -0.4 is 5.32 Å². The Morgan fingerprint density at radius 3 is 2.61 bits per heavy atom. The minimum absolute atomic E-state index is 0.351. The van der Waals surface area contributed by atoms with Crippen molar-refractivity contribution in [1.82, 2.24) is 5.32 Å². The molecule has 108 valence electrons. The van der Waals surface area contributed by atoms with Gasteiger partial charge in [-0.15, -0.1) is 0 Å². The molecule has 1 aliphatic carbocycles. The Labute approximate surface area is 112 Å². The molecule has 0 spiro atoms. The average molecular weight is 257 g/mol. The van der Waals surface area contributed by atoms with Crippen molar-refractivity contribution in [3.8, 4) is 0 Å². The number of nitrogens with one attached hydrogen (secondary N) is 1. The van der Waals surface area contributed by atoms with Crippen LogP contribution >= 0.6 is 0 Å². The van der Waals surface area contributed by atoms with Crippen molar-refractivity contribution < 1.29 is 9.84 Å². The Morgan fingerprint density at radius 1 is 1.22 bits per heavy atom. The molecular formula is C15H31NO2. The molecule has 0 bridgehead atoms. The number of rotatable bonds is 10. The smallest absolute Gasteiger partial charge is 0.0897 e. The highest BCUT2D eigenvalue weighted by atomic mass is 16.5. The molecule has 3 nitrogen and oxygen atoms in total. The Morgan fingerprint density at radius 2 is 1.94 bits per heavy atom. The molecule has 3 heteroatoms. The van der Waals surface area contributed by atoms with Gasteiger partial charge < -0.3 is 15.2 Å². The lowest BCUT2D eigenvalue weighted by Crippen LogP contribution is -2.32. The van der Waals surface area contributed by atoms with Gasteiger partial charge in [-0.05, 0) is 31.7 Å². The monoisotopic (exact) mass is 257 g/mol. The summed E-state index contributed by atoms with van der Waals surface area (Å²) in [4.78, 5) is 0. The summed E-state index contributed by atoms with van der Waals surface area (Å²) in [5, 5.41) is 13.1. The maximum Gasteiger partial charge on any atom is 0.0897 e. The molecule has 1 rings (SSSR count). The first-order chi connectivity index (χ1) is 8.68. The molecule has 1 atom stereocenters. The van der Waals surface area contributed by atoms with Gasteiger partial charge in [-0.2, -0.15) is 0 Å². The summed E-state index contributed by atoms with van der Waals surface area (Å²) < 4.78 is 5.68. The fourth-order valence-corrected chi connectivity index (χ4v) is 2.43. The Hall–Kier alpha value is -0.120. The summed E-state index contributed by atoms with van der Waals surface area (Å²) >= 11 is 0. The first-order valence-corrected chi connectivity index (χ1v) is 7.69. The largest absolute Gasteiger partial charge is 0.389 e. The number of hydrogen-bond donors (Lipinski definition) is 2. The van der Waals surface area contributed by atoms with Crippen molar-refractivity contribution in [2.75, 3.05) is 19.7 Å². The third kappa shape index (κ3) is 8.06. The van der Waals surface area contributed by atoms with Crippen LogP contribution in [0, 0.1) is 5.92 Å². The van der Waals surface area contributed by atoms with Gasteiger partial charge in [0.2, 0.25) is 0 Å². The fourth-order valence-electron chi connectivity index (χ4n) is 2.43. The number of aliphatic hydroxyl groups is 1. The molecule has 2 N–H and O–H groups in total. The van der Waals surface area contributed by atoms with E-state index in [1.54, 1.807) is 0 Å². The molecule has 0 aromatic rings. The summed E-state index contributed by atoms with van der Waals surface area (Å²) in [6.45, 7) is 6.68. The zero-order valence-corrected chi connectivity index (χ0v) is 12.2. The van der Waals surface area contributed by atoms with Crippen LogP contribution in [0.15, 0.2) is 0 Å². The van der Waals surface area contributed by atoms with Crippen molar-refractivity contribution in [2.24, 2.45) is 5.92 Å². The van der Waals surface area contributed by atoms with E-state index in [0.717, 1.165) is 12.5 Å². The van der Waals surface area contributed by atoms with Crippen LogP contribution in [0.5, 0.6) is 0 Å². The van der Waals surface area contributed by atoms with E-state index < -0.39 is 0 Å². The van der Waals surface area contributed by atoms with Gasteiger partial charge in [0.25, 0.3) is 0 Å². The van der Waals surface area contributed by atoms with Crippen LogP contribution in [0.3, 0.4) is 0 Å². The Bertz CT molecular complexity index is 191. The van der Waals surface area contributed by atoms with E-state index in [-0.39, 0.29) is 6.10 Å². The molecule has 1 saturated carbocycles. The third-order valence-corrected chi connectivity index (χ3v) is 3.59. The number of hydrogen-bond acceptors (Lipinski definition) is 3. The summed E-state index contributed by atoms with van der Waals surface area (Å²) in [5.41, 5.74) is 0. The van der Waals surface area contributed by atoms with Crippen LogP contribution in [0.1, 0.15) is 58.8 Å². The number of unbranched alkanes of at least 4 members (excludes halogenated alkanes) is 1. The number of ether oxygens (including phenoxy) is 1. The average Bonchev–Trinajstić information content (AvgIpc) is 2.83. The predicted molar refractivity (Wildman–Crippen MR) is 75.8 cm³/mol.